The number of nitrogens with zero attached hydrogens (tertiary/aromatic N) is 2. The van der Waals surface area contributed by atoms with Crippen LogP contribution in [0.3, 0.4) is 0 Å². The Morgan fingerprint density at radius 2 is 1.67 bits per heavy atom. The Labute approximate surface area is 106 Å². The van der Waals surface area contributed by atoms with E-state index in [0.717, 1.165) is 11.2 Å². The summed E-state index contributed by atoms with van der Waals surface area (Å²) in [5, 5.41) is 15.8. The number of aromatic amines is 2. The molecule has 2 rings (SSSR count). The van der Waals surface area contributed by atoms with Crippen LogP contribution in [-0.2, 0) is 9.59 Å². The molecule has 0 aromatic carbocycles. The molecule has 2 aromatic rings. The normalized spacial score (nSPS) is 9.56. The van der Waals surface area contributed by atoms with Crippen molar-refractivity contribution in [2.75, 3.05) is 0 Å². The minimum absolute atomic E-state index is 0.296. The number of rotatable bonds is 3. The van der Waals surface area contributed by atoms with Gasteiger partial charge in [0.15, 0.2) is 10.3 Å². The molecule has 8 nitrogen and oxygen atoms in total. The second-order valence-corrected chi connectivity index (χ2v) is 3.51. The molecule has 0 atom stereocenters. The average Bonchev–Trinajstić information content (AvgIpc) is 2.77. The fourth-order valence-electron chi connectivity index (χ4n) is 0.997. The number of aromatic nitrogens is 4. The fraction of sp³-hybridized carbons (Fsp3) is 0.222. The topological polar surface area (TPSA) is 132 Å². The van der Waals surface area contributed by atoms with Gasteiger partial charge in [-0.25, -0.2) is 9.97 Å². The monoisotopic (exact) mass is 270 g/mol. The van der Waals surface area contributed by atoms with E-state index in [1.54, 1.807) is 6.33 Å². The largest absolute Gasteiger partial charge is 0.481 e. The van der Waals surface area contributed by atoms with Crippen molar-refractivity contribution in [2.24, 2.45) is 0 Å². The van der Waals surface area contributed by atoms with Gasteiger partial charge in [-0.05, 0) is 0 Å². The molecule has 0 aliphatic rings. The van der Waals surface area contributed by atoms with Crippen molar-refractivity contribution in [3.8, 4) is 0 Å². The number of H-pyrrole nitrogens is 2. The molecule has 0 amide bonds. The highest BCUT2D eigenvalue weighted by molar-refractivity contribution is 7.71. The zero-order chi connectivity index (χ0) is 13.5. The SMILES string of the molecule is O=C(O)CCC(=O)O.S=c1nc[nH]c2nc[nH]c12. The van der Waals surface area contributed by atoms with Crippen LogP contribution in [0.25, 0.3) is 11.2 Å². The third kappa shape index (κ3) is 4.29. The molecule has 96 valence electrons. The zero-order valence-corrected chi connectivity index (χ0v) is 9.90. The highest BCUT2D eigenvalue weighted by Gasteiger charge is 2.00. The summed E-state index contributed by atoms with van der Waals surface area (Å²) in [6.45, 7) is 0. The molecule has 2 aromatic heterocycles. The number of hydrogen-bond donors (Lipinski definition) is 4. The van der Waals surface area contributed by atoms with Gasteiger partial charge in [-0.2, -0.15) is 0 Å². The summed E-state index contributed by atoms with van der Waals surface area (Å²) >= 11 is 4.91. The number of carboxylic acid groups (broad SMARTS) is 2. The first-order valence-corrected chi connectivity index (χ1v) is 5.22. The van der Waals surface area contributed by atoms with Crippen molar-refractivity contribution in [1.82, 2.24) is 19.9 Å². The van der Waals surface area contributed by atoms with Gasteiger partial charge < -0.3 is 20.2 Å². The number of nitrogens with one attached hydrogen (secondary N) is 2. The summed E-state index contributed by atoms with van der Waals surface area (Å²) in [5.74, 6) is -2.15. The van der Waals surface area contributed by atoms with Crippen LogP contribution in [0.15, 0.2) is 12.7 Å². The van der Waals surface area contributed by atoms with Crippen LogP contribution in [0.2, 0.25) is 0 Å². The van der Waals surface area contributed by atoms with Crippen LogP contribution in [0.1, 0.15) is 12.8 Å². The molecule has 9 heteroatoms. The lowest BCUT2D eigenvalue weighted by atomic mass is 10.3. The Morgan fingerprint density at radius 3 is 2.17 bits per heavy atom. The Balaban J connectivity index is 0.000000187. The Bertz CT molecular complexity index is 592. The lowest BCUT2D eigenvalue weighted by Crippen LogP contribution is -2.00. The van der Waals surface area contributed by atoms with Crippen LogP contribution < -0.4 is 0 Å². The van der Waals surface area contributed by atoms with Crippen molar-refractivity contribution in [3.05, 3.63) is 17.3 Å². The fourth-order valence-corrected chi connectivity index (χ4v) is 1.21. The van der Waals surface area contributed by atoms with E-state index >= 15 is 0 Å². The van der Waals surface area contributed by atoms with Gasteiger partial charge in [0.1, 0.15) is 5.52 Å². The predicted octanol–water partition coefficient (Wildman–Crippen LogP) is 0.951. The number of carboxylic acids is 2. The van der Waals surface area contributed by atoms with Gasteiger partial charge in [-0.3, -0.25) is 9.59 Å². The summed E-state index contributed by atoms with van der Waals surface area (Å²) in [6, 6.07) is 0. The van der Waals surface area contributed by atoms with Crippen LogP contribution in [0, 0.1) is 4.64 Å². The summed E-state index contributed by atoms with van der Waals surface area (Å²) in [6.07, 6.45) is 2.52. The van der Waals surface area contributed by atoms with Gasteiger partial charge in [0.05, 0.1) is 25.5 Å². The molecule has 0 aliphatic heterocycles. The lowest BCUT2D eigenvalue weighted by Gasteiger charge is -1.85. The predicted molar refractivity (Wildman–Crippen MR) is 63.6 cm³/mol. The number of carbonyl (C=O) groups is 2. The first-order valence-electron chi connectivity index (χ1n) is 4.81. The molecule has 0 fully saturated rings. The smallest absolute Gasteiger partial charge is 0.303 e. The van der Waals surface area contributed by atoms with E-state index < -0.39 is 11.9 Å². The molecule has 0 saturated carbocycles. The van der Waals surface area contributed by atoms with Crippen LogP contribution in [-0.4, -0.2) is 42.1 Å². The van der Waals surface area contributed by atoms with Crippen molar-refractivity contribution < 1.29 is 19.8 Å². The first kappa shape index (κ1) is 13.8. The molecular weight excluding hydrogens is 260 g/mol. The van der Waals surface area contributed by atoms with Crippen molar-refractivity contribution in [3.63, 3.8) is 0 Å². The van der Waals surface area contributed by atoms with Gasteiger partial charge >= 0.3 is 11.9 Å². The molecule has 18 heavy (non-hydrogen) atoms. The Kier molecular flexibility index (Phi) is 4.93. The number of aliphatic carboxylic acids is 2. The first-order chi connectivity index (χ1) is 8.50. The van der Waals surface area contributed by atoms with Crippen LogP contribution in [0.4, 0.5) is 0 Å². The summed E-state index contributed by atoms with van der Waals surface area (Å²) < 4.78 is 0.547. The van der Waals surface area contributed by atoms with E-state index in [0.29, 0.717) is 4.64 Å². The third-order valence-electron chi connectivity index (χ3n) is 1.79. The highest BCUT2D eigenvalue weighted by Crippen LogP contribution is 2.02. The van der Waals surface area contributed by atoms with E-state index in [2.05, 4.69) is 19.9 Å². The van der Waals surface area contributed by atoms with E-state index in [-0.39, 0.29) is 12.8 Å². The van der Waals surface area contributed by atoms with E-state index in [9.17, 15) is 9.59 Å². The summed E-state index contributed by atoms with van der Waals surface area (Å²) in [4.78, 5) is 32.8. The van der Waals surface area contributed by atoms with E-state index in [1.807, 2.05) is 0 Å². The van der Waals surface area contributed by atoms with Gasteiger partial charge in [0.2, 0.25) is 0 Å². The van der Waals surface area contributed by atoms with Crippen molar-refractivity contribution in [1.29, 1.82) is 0 Å². The standard InChI is InChI=1S/C5H4N4S.C4H6O4/c10-5-3-4(7-1-6-3)8-2-9-5;5-3(6)1-2-4(7)8/h1-2H,(H2,6,7,8,9,10);1-2H2,(H,5,6)(H,7,8). The molecule has 0 aliphatic carbocycles. The maximum Gasteiger partial charge on any atom is 0.303 e. The van der Waals surface area contributed by atoms with E-state index in [4.69, 9.17) is 22.4 Å². The minimum atomic E-state index is -1.08. The summed E-state index contributed by atoms with van der Waals surface area (Å²) in [5.41, 5.74) is 1.54. The molecular formula is C9H10N4O4S. The van der Waals surface area contributed by atoms with Crippen LogP contribution >= 0.6 is 12.2 Å². The van der Waals surface area contributed by atoms with E-state index in [1.165, 1.54) is 6.33 Å². The second kappa shape index (κ2) is 6.45. The second-order valence-electron chi connectivity index (χ2n) is 3.12. The number of fused-ring (bicyclic) bond motifs is 1. The van der Waals surface area contributed by atoms with Gasteiger partial charge in [0, 0.05) is 0 Å². The average molecular weight is 270 g/mol. The lowest BCUT2D eigenvalue weighted by molar-refractivity contribution is -0.143. The minimum Gasteiger partial charge on any atom is -0.481 e. The molecule has 0 radical (unpaired) electrons. The highest BCUT2D eigenvalue weighted by atomic mass is 32.1. The molecule has 0 saturated heterocycles. The van der Waals surface area contributed by atoms with Crippen molar-refractivity contribution >= 4 is 35.3 Å². The third-order valence-corrected chi connectivity index (χ3v) is 2.10. The number of imidazole rings is 1. The van der Waals surface area contributed by atoms with Gasteiger partial charge in [-0.15, -0.1) is 0 Å². The van der Waals surface area contributed by atoms with Gasteiger partial charge in [-0.1, -0.05) is 12.2 Å². The molecule has 0 spiro atoms. The summed E-state index contributed by atoms with van der Waals surface area (Å²) in [7, 11) is 0. The van der Waals surface area contributed by atoms with Crippen LogP contribution in [0.5, 0.6) is 0 Å². The zero-order valence-electron chi connectivity index (χ0n) is 9.08. The number of hydrogen-bond acceptors (Lipinski definition) is 5. The quantitative estimate of drug-likeness (QED) is 0.610. The Hall–Kier alpha value is -2.29. The maximum atomic E-state index is 9.64. The molecule has 4 N–H and O–H groups in total. The maximum absolute atomic E-state index is 9.64. The molecule has 0 unspecified atom stereocenters. The molecule has 2 heterocycles. The van der Waals surface area contributed by atoms with Gasteiger partial charge in [0.25, 0.3) is 0 Å². The van der Waals surface area contributed by atoms with Crippen molar-refractivity contribution in [2.45, 2.75) is 12.8 Å². The Morgan fingerprint density at radius 1 is 1.11 bits per heavy atom. The molecule has 0 bridgehead atoms.